The molecule has 24 heavy (non-hydrogen) atoms. The molecular weight excluding hydrogens is 312 g/mol. The Morgan fingerprint density at radius 1 is 1.38 bits per heavy atom. The molecule has 0 aliphatic heterocycles. The molecule has 0 fully saturated rings. The minimum atomic E-state index is -1.28. The molecule has 0 aliphatic rings. The fourth-order valence-corrected chi connectivity index (χ4v) is 2.18. The molecule has 8 nitrogen and oxygen atoms in total. The number of ether oxygens (including phenoxy) is 1. The number of hydrogen-bond acceptors (Lipinski definition) is 7. The number of hydrogen-bond donors (Lipinski definition) is 1. The van der Waals surface area contributed by atoms with Crippen LogP contribution in [0.15, 0.2) is 42.0 Å². The summed E-state index contributed by atoms with van der Waals surface area (Å²) in [5.41, 5.74) is 0.978. The third-order valence-corrected chi connectivity index (χ3v) is 3.40. The van der Waals surface area contributed by atoms with E-state index in [1.54, 1.807) is 50.2 Å². The quantitative estimate of drug-likeness (QED) is 0.778. The van der Waals surface area contributed by atoms with Gasteiger partial charge in [-0.3, -0.25) is 0 Å². The highest BCUT2D eigenvalue weighted by Crippen LogP contribution is 2.29. The van der Waals surface area contributed by atoms with E-state index >= 15 is 0 Å². The average Bonchev–Trinajstić information content (AvgIpc) is 2.59. The molecule has 8 heteroatoms. The molecule has 2 aromatic rings. The van der Waals surface area contributed by atoms with Gasteiger partial charge in [0.1, 0.15) is 23.9 Å². The van der Waals surface area contributed by atoms with Gasteiger partial charge in [-0.15, -0.1) is 0 Å². The molecule has 1 heterocycles. The molecule has 126 valence electrons. The van der Waals surface area contributed by atoms with Crippen LogP contribution in [-0.2, 0) is 4.79 Å². The minimum absolute atomic E-state index is 0.323. The lowest BCUT2D eigenvalue weighted by atomic mass is 10.1. The summed E-state index contributed by atoms with van der Waals surface area (Å²) in [7, 11) is 3.51. The largest absolute Gasteiger partial charge is 0.478 e. The number of nitroso groups, excluding NO2 is 1. The first-order valence-corrected chi connectivity index (χ1v) is 7.23. The van der Waals surface area contributed by atoms with Gasteiger partial charge in [-0.2, -0.15) is 4.91 Å². The van der Waals surface area contributed by atoms with Crippen molar-refractivity contribution >= 4 is 11.8 Å². The summed E-state index contributed by atoms with van der Waals surface area (Å²) in [6.07, 6.45) is 1.48. The van der Waals surface area contributed by atoms with Crippen molar-refractivity contribution in [1.29, 1.82) is 0 Å². The monoisotopic (exact) mass is 330 g/mol. The number of benzene rings is 1. The highest BCUT2D eigenvalue weighted by Gasteiger charge is 2.27. The van der Waals surface area contributed by atoms with Gasteiger partial charge in [-0.25, -0.2) is 14.8 Å². The van der Waals surface area contributed by atoms with Crippen LogP contribution in [-0.4, -0.2) is 35.1 Å². The first-order chi connectivity index (χ1) is 11.4. The summed E-state index contributed by atoms with van der Waals surface area (Å²) in [4.78, 5) is 32.0. The number of aliphatic carboxylic acids is 1. The van der Waals surface area contributed by atoms with E-state index in [1.807, 2.05) is 0 Å². The highest BCUT2D eigenvalue weighted by molar-refractivity contribution is 5.77. The summed E-state index contributed by atoms with van der Waals surface area (Å²) in [5, 5.41) is 12.5. The molecule has 0 saturated carbocycles. The summed E-state index contributed by atoms with van der Waals surface area (Å²) >= 11 is 0. The maximum absolute atomic E-state index is 11.7. The summed E-state index contributed by atoms with van der Waals surface area (Å²) in [6.45, 7) is 1.65. The zero-order chi connectivity index (χ0) is 17.7. The van der Waals surface area contributed by atoms with E-state index < -0.39 is 18.1 Å². The maximum Gasteiger partial charge on any atom is 0.349 e. The van der Waals surface area contributed by atoms with Crippen LogP contribution >= 0.6 is 0 Å². The van der Waals surface area contributed by atoms with Crippen molar-refractivity contribution < 1.29 is 14.6 Å². The molecule has 0 radical (unpaired) electrons. The summed E-state index contributed by atoms with van der Waals surface area (Å²) in [6, 6.07) is 6.08. The van der Waals surface area contributed by atoms with E-state index in [0.29, 0.717) is 22.7 Å². The molecule has 2 atom stereocenters. The molecule has 0 saturated heterocycles. The van der Waals surface area contributed by atoms with Crippen LogP contribution < -0.4 is 9.64 Å². The number of nitrogens with zero attached hydrogens (tertiary/aromatic N) is 4. The van der Waals surface area contributed by atoms with Gasteiger partial charge in [0, 0.05) is 20.3 Å². The molecular formula is C16H18N4O4. The predicted molar refractivity (Wildman–Crippen MR) is 88.0 cm³/mol. The van der Waals surface area contributed by atoms with E-state index in [-0.39, 0.29) is 0 Å². The van der Waals surface area contributed by atoms with Gasteiger partial charge in [-0.05, 0) is 24.6 Å². The van der Waals surface area contributed by atoms with Crippen molar-refractivity contribution in [1.82, 2.24) is 9.97 Å². The lowest BCUT2D eigenvalue weighted by Crippen LogP contribution is -2.23. The molecule has 2 rings (SSSR count). The third kappa shape index (κ3) is 3.83. The number of aromatic nitrogens is 2. The normalized spacial score (nSPS) is 13.0. The molecule has 1 aromatic heterocycles. The number of carboxylic acid groups (broad SMARTS) is 1. The number of carbonyl (C=O) groups is 1. The molecule has 0 amide bonds. The fourth-order valence-electron chi connectivity index (χ4n) is 2.18. The third-order valence-electron chi connectivity index (χ3n) is 3.40. The van der Waals surface area contributed by atoms with E-state index in [2.05, 4.69) is 15.1 Å². The van der Waals surface area contributed by atoms with Gasteiger partial charge in [0.25, 0.3) is 0 Å². The van der Waals surface area contributed by atoms with Gasteiger partial charge < -0.3 is 14.7 Å². The molecule has 0 bridgehead atoms. The second-order valence-electron chi connectivity index (χ2n) is 5.39. The average molecular weight is 330 g/mol. The van der Waals surface area contributed by atoms with Crippen molar-refractivity contribution in [2.45, 2.75) is 19.1 Å². The Kier molecular flexibility index (Phi) is 5.41. The first kappa shape index (κ1) is 17.3. The van der Waals surface area contributed by atoms with Gasteiger partial charge in [-0.1, -0.05) is 17.3 Å². The topological polar surface area (TPSA) is 105 Å². The molecule has 1 N–H and O–H groups in total. The second kappa shape index (κ2) is 7.49. The molecule has 1 aromatic carbocycles. The Labute approximate surface area is 139 Å². The number of rotatable bonds is 7. The number of carboxylic acids is 1. The van der Waals surface area contributed by atoms with Crippen LogP contribution in [0, 0.1) is 4.91 Å². The van der Waals surface area contributed by atoms with Gasteiger partial charge in [0.05, 0.1) is 5.56 Å². The Morgan fingerprint density at radius 3 is 2.75 bits per heavy atom. The van der Waals surface area contributed by atoms with Crippen molar-refractivity contribution in [3.05, 3.63) is 52.8 Å². The zero-order valence-corrected chi connectivity index (χ0v) is 13.6. The Hall–Kier alpha value is -3.03. The lowest BCUT2D eigenvalue weighted by Gasteiger charge is -2.21. The van der Waals surface area contributed by atoms with Gasteiger partial charge >= 0.3 is 5.97 Å². The summed E-state index contributed by atoms with van der Waals surface area (Å²) < 4.78 is 5.64. The Balaban J connectivity index is 2.37. The van der Waals surface area contributed by atoms with Crippen molar-refractivity contribution in [3.8, 4) is 5.75 Å². The predicted octanol–water partition coefficient (Wildman–Crippen LogP) is 2.57. The highest BCUT2D eigenvalue weighted by atomic mass is 16.5. The lowest BCUT2D eigenvalue weighted by molar-refractivity contribution is -0.145. The number of anilines is 1. The van der Waals surface area contributed by atoms with Crippen LogP contribution in [0.4, 0.5) is 5.82 Å². The van der Waals surface area contributed by atoms with Crippen LogP contribution in [0.25, 0.3) is 0 Å². The Bertz CT molecular complexity index is 736. The second-order valence-corrected chi connectivity index (χ2v) is 5.39. The Morgan fingerprint density at radius 2 is 2.12 bits per heavy atom. The minimum Gasteiger partial charge on any atom is -0.478 e. The standard InChI is InChI=1S/C16H18N4O4/c1-10(19-23)11-5-4-6-12(7-11)24-14(16(21)22)13-8-17-9-18-15(13)20(2)3/h4-10,14H,1-3H3,(H,21,22). The smallest absolute Gasteiger partial charge is 0.349 e. The zero-order valence-electron chi connectivity index (χ0n) is 13.6. The van der Waals surface area contributed by atoms with Crippen LogP contribution in [0.1, 0.15) is 30.2 Å². The fraction of sp³-hybridized carbons (Fsp3) is 0.312. The molecule has 2 unspecified atom stereocenters. The van der Waals surface area contributed by atoms with Gasteiger partial charge in [0.2, 0.25) is 6.10 Å². The van der Waals surface area contributed by atoms with Crippen LogP contribution in [0.5, 0.6) is 5.75 Å². The van der Waals surface area contributed by atoms with Crippen molar-refractivity contribution in [3.63, 3.8) is 0 Å². The van der Waals surface area contributed by atoms with Crippen molar-refractivity contribution in [2.24, 2.45) is 5.18 Å². The van der Waals surface area contributed by atoms with Crippen LogP contribution in [0.3, 0.4) is 0 Å². The van der Waals surface area contributed by atoms with Crippen molar-refractivity contribution in [2.75, 3.05) is 19.0 Å². The molecule has 0 spiro atoms. The van der Waals surface area contributed by atoms with E-state index in [4.69, 9.17) is 4.74 Å². The van der Waals surface area contributed by atoms with E-state index in [0.717, 1.165) is 0 Å². The molecule has 0 aliphatic carbocycles. The summed E-state index contributed by atoms with van der Waals surface area (Å²) in [5.74, 6) is -0.389. The van der Waals surface area contributed by atoms with Gasteiger partial charge in [0.15, 0.2) is 0 Å². The SMILES string of the molecule is CC(N=O)c1cccc(OC(C(=O)O)c2cncnc2N(C)C)c1. The van der Waals surface area contributed by atoms with E-state index in [9.17, 15) is 14.8 Å². The van der Waals surface area contributed by atoms with Crippen LogP contribution in [0.2, 0.25) is 0 Å². The first-order valence-electron chi connectivity index (χ1n) is 7.23. The maximum atomic E-state index is 11.7. The van der Waals surface area contributed by atoms with E-state index in [1.165, 1.54) is 12.5 Å².